The molecule has 0 aromatic heterocycles. The van der Waals surface area contributed by atoms with Crippen LogP contribution in [0.3, 0.4) is 0 Å². The lowest BCUT2D eigenvalue weighted by Gasteiger charge is -2.08. The van der Waals surface area contributed by atoms with Crippen molar-refractivity contribution in [2.24, 2.45) is 0 Å². The van der Waals surface area contributed by atoms with Crippen LogP contribution < -0.4 is 9.92 Å². The van der Waals surface area contributed by atoms with E-state index in [1.165, 1.54) is 18.2 Å². The fourth-order valence-electron chi connectivity index (χ4n) is 1.57. The van der Waals surface area contributed by atoms with E-state index in [2.05, 4.69) is 0 Å². The van der Waals surface area contributed by atoms with Crippen LogP contribution in [0.4, 0.5) is 5.69 Å². The molecule has 0 unspecified atom stereocenters. The first-order valence-corrected chi connectivity index (χ1v) is 7.16. The molecule has 100 valence electrons. The predicted molar refractivity (Wildman–Crippen MR) is 74.6 cm³/mol. The highest BCUT2D eigenvalue weighted by molar-refractivity contribution is 7.87. The quantitative estimate of drug-likeness (QED) is 0.691. The van der Waals surface area contributed by atoms with E-state index < -0.39 is 10.1 Å². The van der Waals surface area contributed by atoms with Gasteiger partial charge >= 0.3 is 10.1 Å². The van der Waals surface area contributed by atoms with Gasteiger partial charge < -0.3 is 9.92 Å². The van der Waals surface area contributed by atoms with Gasteiger partial charge in [0.05, 0.1) is 0 Å². The molecule has 0 spiro atoms. The summed E-state index contributed by atoms with van der Waals surface area (Å²) < 4.78 is 29.2. The van der Waals surface area contributed by atoms with Gasteiger partial charge in [0.15, 0.2) is 0 Å². The molecule has 0 saturated carbocycles. The monoisotopic (exact) mass is 277 g/mol. The van der Waals surface area contributed by atoms with Crippen LogP contribution in [0.15, 0.2) is 47.4 Å². The molecule has 2 rings (SSSR count). The maximum atomic E-state index is 12.1. The lowest BCUT2D eigenvalue weighted by molar-refractivity contribution is 0.486. The van der Waals surface area contributed by atoms with Gasteiger partial charge in [0.2, 0.25) is 0 Å². The Kier molecular flexibility index (Phi) is 3.48. The molecule has 0 atom stereocenters. The number of anilines is 1. The first kappa shape index (κ1) is 13.4. The largest absolute Gasteiger partial charge is 0.399 e. The number of hydrogen-bond acceptors (Lipinski definition) is 4. The summed E-state index contributed by atoms with van der Waals surface area (Å²) in [4.78, 5) is 0.146. The Morgan fingerprint density at radius 1 is 0.947 bits per heavy atom. The summed E-state index contributed by atoms with van der Waals surface area (Å²) in [6, 6.07) is 11.1. The second-order valence-electron chi connectivity index (χ2n) is 4.35. The van der Waals surface area contributed by atoms with Crippen molar-refractivity contribution in [2.75, 3.05) is 5.73 Å². The lowest BCUT2D eigenvalue weighted by atomic mass is 10.1. The summed E-state index contributed by atoms with van der Waals surface area (Å²) in [5, 5.41) is 0. The lowest BCUT2D eigenvalue weighted by Crippen LogP contribution is -2.10. The molecule has 0 heterocycles. The smallest absolute Gasteiger partial charge is 0.339 e. The van der Waals surface area contributed by atoms with Crippen molar-refractivity contribution in [1.29, 1.82) is 0 Å². The maximum Gasteiger partial charge on any atom is 0.339 e. The van der Waals surface area contributed by atoms with Crippen molar-refractivity contribution >= 4 is 15.8 Å². The van der Waals surface area contributed by atoms with E-state index in [0.717, 1.165) is 11.1 Å². The van der Waals surface area contributed by atoms with Crippen molar-refractivity contribution < 1.29 is 12.6 Å². The second kappa shape index (κ2) is 4.93. The minimum atomic E-state index is -3.81. The van der Waals surface area contributed by atoms with E-state index in [9.17, 15) is 8.42 Å². The Hall–Kier alpha value is -2.01. The summed E-state index contributed by atoms with van der Waals surface area (Å²) in [6.45, 7) is 3.78. The van der Waals surface area contributed by atoms with Crippen LogP contribution in [-0.2, 0) is 10.1 Å². The second-order valence-corrected chi connectivity index (χ2v) is 5.90. The van der Waals surface area contributed by atoms with E-state index in [0.29, 0.717) is 5.69 Å². The van der Waals surface area contributed by atoms with Gasteiger partial charge in [-0.1, -0.05) is 6.07 Å². The Balaban J connectivity index is 2.32. The summed E-state index contributed by atoms with van der Waals surface area (Å²) in [5.74, 6) is 0.243. The molecule has 2 N–H and O–H groups in total. The molecule has 0 aliphatic heterocycles. The fourth-order valence-corrected chi connectivity index (χ4v) is 2.58. The van der Waals surface area contributed by atoms with Gasteiger partial charge in [-0.2, -0.15) is 8.42 Å². The van der Waals surface area contributed by atoms with E-state index in [4.69, 9.17) is 9.92 Å². The number of aryl methyl sites for hydroxylation is 2. The fraction of sp³-hybridized carbons (Fsp3) is 0.143. The third-order valence-electron chi connectivity index (χ3n) is 2.85. The Morgan fingerprint density at radius 2 is 1.58 bits per heavy atom. The summed E-state index contributed by atoms with van der Waals surface area (Å²) in [6.07, 6.45) is 0. The highest BCUT2D eigenvalue weighted by atomic mass is 32.2. The highest BCUT2D eigenvalue weighted by Crippen LogP contribution is 2.21. The number of nitrogen functional groups attached to an aromatic ring is 1. The molecule has 0 bridgehead atoms. The molecule has 2 aromatic rings. The molecule has 0 saturated heterocycles. The molecule has 0 aliphatic rings. The Bertz CT molecular complexity index is 691. The van der Waals surface area contributed by atoms with Crippen molar-refractivity contribution in [3.05, 3.63) is 53.6 Å². The molecule has 4 nitrogen and oxygen atoms in total. The van der Waals surface area contributed by atoms with Crippen LogP contribution in [-0.4, -0.2) is 8.42 Å². The van der Waals surface area contributed by atoms with Gasteiger partial charge in [-0.05, 0) is 61.4 Å². The topological polar surface area (TPSA) is 69.4 Å². The van der Waals surface area contributed by atoms with Crippen LogP contribution in [0.5, 0.6) is 5.75 Å². The van der Waals surface area contributed by atoms with Gasteiger partial charge in [-0.25, -0.2) is 0 Å². The predicted octanol–water partition coefficient (Wildman–Crippen LogP) is 2.65. The molecule has 19 heavy (non-hydrogen) atoms. The van der Waals surface area contributed by atoms with E-state index >= 15 is 0 Å². The van der Waals surface area contributed by atoms with Crippen molar-refractivity contribution in [3.8, 4) is 5.75 Å². The SMILES string of the molecule is Cc1ccc(S(=O)(=O)Oc2ccc(N)cc2)cc1C. The maximum absolute atomic E-state index is 12.1. The molecular formula is C14H15NO3S. The molecule has 2 aromatic carbocycles. The normalized spacial score (nSPS) is 11.3. The summed E-state index contributed by atoms with van der Waals surface area (Å²) >= 11 is 0. The molecule has 0 aliphatic carbocycles. The first-order valence-electron chi connectivity index (χ1n) is 5.76. The minimum absolute atomic E-state index is 0.146. The standard InChI is InChI=1S/C14H15NO3S/c1-10-3-8-14(9-11(10)2)19(16,17)18-13-6-4-12(15)5-7-13/h3-9H,15H2,1-2H3. The Labute approximate surface area is 113 Å². The third kappa shape index (κ3) is 3.06. The van der Waals surface area contributed by atoms with Gasteiger partial charge in [0.25, 0.3) is 0 Å². The number of hydrogen-bond donors (Lipinski definition) is 1. The van der Waals surface area contributed by atoms with Crippen LogP contribution in [0, 0.1) is 13.8 Å². The van der Waals surface area contributed by atoms with Crippen molar-refractivity contribution in [2.45, 2.75) is 18.7 Å². The average molecular weight is 277 g/mol. The van der Waals surface area contributed by atoms with Crippen LogP contribution in [0.25, 0.3) is 0 Å². The molecular weight excluding hydrogens is 262 g/mol. The summed E-state index contributed by atoms with van der Waals surface area (Å²) in [5.41, 5.74) is 8.02. The van der Waals surface area contributed by atoms with Gasteiger partial charge in [0.1, 0.15) is 10.6 Å². The van der Waals surface area contributed by atoms with E-state index in [-0.39, 0.29) is 10.6 Å². The van der Waals surface area contributed by atoms with Crippen LogP contribution in [0.1, 0.15) is 11.1 Å². The number of benzene rings is 2. The van der Waals surface area contributed by atoms with E-state index in [1.807, 2.05) is 13.8 Å². The van der Waals surface area contributed by atoms with Crippen LogP contribution >= 0.6 is 0 Å². The van der Waals surface area contributed by atoms with Crippen molar-refractivity contribution in [3.63, 3.8) is 0 Å². The average Bonchev–Trinajstić information content (AvgIpc) is 2.35. The molecule has 0 amide bonds. The Morgan fingerprint density at radius 3 is 2.16 bits per heavy atom. The molecule has 0 fully saturated rings. The minimum Gasteiger partial charge on any atom is -0.399 e. The third-order valence-corrected chi connectivity index (χ3v) is 4.10. The van der Waals surface area contributed by atoms with Gasteiger partial charge in [-0.15, -0.1) is 0 Å². The summed E-state index contributed by atoms with van der Waals surface area (Å²) in [7, 11) is -3.81. The molecule has 0 radical (unpaired) electrons. The highest BCUT2D eigenvalue weighted by Gasteiger charge is 2.17. The zero-order valence-electron chi connectivity index (χ0n) is 10.8. The molecule has 5 heteroatoms. The zero-order chi connectivity index (χ0) is 14.0. The van der Waals surface area contributed by atoms with Gasteiger partial charge in [-0.3, -0.25) is 0 Å². The van der Waals surface area contributed by atoms with Gasteiger partial charge in [0, 0.05) is 5.69 Å². The van der Waals surface area contributed by atoms with Crippen molar-refractivity contribution in [1.82, 2.24) is 0 Å². The zero-order valence-corrected chi connectivity index (χ0v) is 11.6. The van der Waals surface area contributed by atoms with E-state index in [1.54, 1.807) is 24.3 Å². The number of rotatable bonds is 3. The first-order chi connectivity index (χ1) is 8.88. The van der Waals surface area contributed by atoms with Crippen LogP contribution in [0.2, 0.25) is 0 Å². The number of nitrogens with two attached hydrogens (primary N) is 1.